The number of hydrogen-bond donors (Lipinski definition) is 1. The second-order valence-electron chi connectivity index (χ2n) is 7.00. The first-order chi connectivity index (χ1) is 9.41. The number of nitro groups is 1. The zero-order valence-corrected chi connectivity index (χ0v) is 14.6. The fourth-order valence-electron chi connectivity index (χ4n) is 2.54. The normalized spacial score (nSPS) is 12.1. The van der Waals surface area contributed by atoms with Crippen molar-refractivity contribution < 1.29 is 9.72 Å². The Balaban J connectivity index is 2.95. The van der Waals surface area contributed by atoms with Gasteiger partial charge in [-0.1, -0.05) is 20.8 Å². The summed E-state index contributed by atoms with van der Waals surface area (Å²) >= 11 is 3.11. The van der Waals surface area contributed by atoms with E-state index in [1.165, 1.54) is 12.1 Å². The summed E-state index contributed by atoms with van der Waals surface area (Å²) in [6.07, 6.45) is 0.796. The number of carbonyl (C=O) groups is 1. The Labute approximate surface area is 133 Å². The van der Waals surface area contributed by atoms with Gasteiger partial charge in [0.15, 0.2) is 0 Å². The number of amides is 1. The Bertz CT molecular complexity index is 563. The van der Waals surface area contributed by atoms with Gasteiger partial charge in [0.25, 0.3) is 11.6 Å². The first-order valence-corrected chi connectivity index (χ1v) is 7.47. The third kappa shape index (κ3) is 5.46. The minimum Gasteiger partial charge on any atom is -0.347 e. The van der Waals surface area contributed by atoms with Crippen LogP contribution in [-0.4, -0.2) is 16.4 Å². The van der Waals surface area contributed by atoms with E-state index in [2.05, 4.69) is 42.0 Å². The minimum absolute atomic E-state index is 0.0719. The molecule has 6 heteroatoms. The Morgan fingerprint density at radius 1 is 1.29 bits per heavy atom. The molecule has 0 saturated carbocycles. The van der Waals surface area contributed by atoms with Gasteiger partial charge in [-0.3, -0.25) is 14.9 Å². The minimum atomic E-state index is -0.513. The zero-order chi connectivity index (χ0) is 16.4. The van der Waals surface area contributed by atoms with Gasteiger partial charge in [-0.05, 0) is 53.7 Å². The van der Waals surface area contributed by atoms with E-state index in [4.69, 9.17) is 0 Å². The van der Waals surface area contributed by atoms with Crippen molar-refractivity contribution in [2.24, 2.45) is 5.41 Å². The number of nitrogens with zero attached hydrogens (tertiary/aromatic N) is 1. The fraction of sp³-hybridized carbons (Fsp3) is 0.533. The Morgan fingerprint density at radius 3 is 2.33 bits per heavy atom. The number of hydrogen-bond acceptors (Lipinski definition) is 3. The van der Waals surface area contributed by atoms with Crippen LogP contribution in [0.5, 0.6) is 0 Å². The summed E-state index contributed by atoms with van der Waals surface area (Å²) in [6.45, 7) is 10.2. The summed E-state index contributed by atoms with van der Waals surface area (Å²) in [5.74, 6) is -0.306. The van der Waals surface area contributed by atoms with Crippen LogP contribution in [0.3, 0.4) is 0 Å². The van der Waals surface area contributed by atoms with Gasteiger partial charge < -0.3 is 5.32 Å². The van der Waals surface area contributed by atoms with Crippen LogP contribution >= 0.6 is 15.9 Å². The molecule has 0 heterocycles. The van der Waals surface area contributed by atoms with E-state index in [0.29, 0.717) is 4.47 Å². The molecule has 1 aromatic carbocycles. The standard InChI is InChI=1S/C15H21BrN2O3/c1-14(2,3)9-15(4,5)17-13(19)10-6-7-11(16)12(8-10)18(20)21/h6-8H,9H2,1-5H3,(H,17,19). The van der Waals surface area contributed by atoms with Crippen LogP contribution in [0.4, 0.5) is 5.69 Å². The molecule has 1 amide bonds. The van der Waals surface area contributed by atoms with Gasteiger partial charge >= 0.3 is 0 Å². The van der Waals surface area contributed by atoms with Gasteiger partial charge in [0.1, 0.15) is 0 Å². The molecule has 1 aromatic rings. The predicted octanol–water partition coefficient (Wildman–Crippen LogP) is 4.30. The topological polar surface area (TPSA) is 72.2 Å². The van der Waals surface area contributed by atoms with Gasteiger partial charge in [-0.2, -0.15) is 0 Å². The number of nitro benzene ring substituents is 1. The van der Waals surface area contributed by atoms with Crippen LogP contribution in [0.25, 0.3) is 0 Å². The van der Waals surface area contributed by atoms with E-state index >= 15 is 0 Å². The van der Waals surface area contributed by atoms with Crippen LogP contribution in [0, 0.1) is 15.5 Å². The first kappa shape index (κ1) is 17.6. The molecule has 21 heavy (non-hydrogen) atoms. The summed E-state index contributed by atoms with van der Waals surface area (Å²) < 4.78 is 0.359. The second-order valence-corrected chi connectivity index (χ2v) is 7.85. The van der Waals surface area contributed by atoms with E-state index in [1.807, 2.05) is 13.8 Å². The van der Waals surface area contributed by atoms with Gasteiger partial charge in [-0.15, -0.1) is 0 Å². The lowest BCUT2D eigenvalue weighted by Crippen LogP contribution is -2.45. The zero-order valence-electron chi connectivity index (χ0n) is 13.0. The lowest BCUT2D eigenvalue weighted by atomic mass is 9.81. The number of carbonyl (C=O) groups excluding carboxylic acids is 1. The predicted molar refractivity (Wildman–Crippen MR) is 86.4 cm³/mol. The fourth-order valence-corrected chi connectivity index (χ4v) is 2.93. The SMILES string of the molecule is CC(C)(C)CC(C)(C)NC(=O)c1ccc(Br)c([N+](=O)[O-])c1. The quantitative estimate of drug-likeness (QED) is 0.645. The lowest BCUT2D eigenvalue weighted by molar-refractivity contribution is -0.385. The molecule has 0 aliphatic rings. The molecule has 0 aliphatic heterocycles. The molecule has 116 valence electrons. The maximum absolute atomic E-state index is 12.3. The molecule has 0 aliphatic carbocycles. The van der Waals surface area contributed by atoms with Crippen molar-refractivity contribution in [2.45, 2.75) is 46.6 Å². The third-order valence-corrected chi connectivity index (χ3v) is 3.50. The highest BCUT2D eigenvalue weighted by atomic mass is 79.9. The van der Waals surface area contributed by atoms with E-state index in [1.54, 1.807) is 6.07 Å². The molecule has 5 nitrogen and oxygen atoms in total. The van der Waals surface area contributed by atoms with Crippen molar-refractivity contribution in [1.82, 2.24) is 5.32 Å². The molecule has 0 bridgehead atoms. The molecule has 0 radical (unpaired) electrons. The number of rotatable bonds is 4. The van der Waals surface area contributed by atoms with Crippen molar-refractivity contribution >= 4 is 27.5 Å². The molecule has 1 N–H and O–H groups in total. The molecule has 0 saturated heterocycles. The summed E-state index contributed by atoms with van der Waals surface area (Å²) in [5, 5.41) is 13.9. The van der Waals surface area contributed by atoms with E-state index in [-0.39, 0.29) is 22.6 Å². The van der Waals surface area contributed by atoms with Crippen LogP contribution in [0.1, 0.15) is 51.4 Å². The summed E-state index contributed by atoms with van der Waals surface area (Å²) in [6, 6.07) is 4.37. The number of nitrogens with one attached hydrogen (secondary N) is 1. The Hall–Kier alpha value is -1.43. The smallest absolute Gasteiger partial charge is 0.284 e. The highest BCUT2D eigenvalue weighted by Gasteiger charge is 2.28. The van der Waals surface area contributed by atoms with Crippen molar-refractivity contribution in [3.8, 4) is 0 Å². The molecule has 0 atom stereocenters. The largest absolute Gasteiger partial charge is 0.347 e. The van der Waals surface area contributed by atoms with Crippen LogP contribution in [-0.2, 0) is 0 Å². The highest BCUT2D eigenvalue weighted by molar-refractivity contribution is 9.10. The monoisotopic (exact) mass is 356 g/mol. The Kier molecular flexibility index (Phi) is 5.15. The molecule has 0 unspecified atom stereocenters. The van der Waals surface area contributed by atoms with Gasteiger partial charge in [0.05, 0.1) is 9.40 Å². The van der Waals surface area contributed by atoms with Crippen molar-refractivity contribution in [3.63, 3.8) is 0 Å². The van der Waals surface area contributed by atoms with Gasteiger partial charge in [-0.25, -0.2) is 0 Å². The highest BCUT2D eigenvalue weighted by Crippen LogP contribution is 2.28. The molecule has 1 rings (SSSR count). The maximum Gasteiger partial charge on any atom is 0.284 e. The van der Waals surface area contributed by atoms with Crippen molar-refractivity contribution in [3.05, 3.63) is 38.3 Å². The average Bonchev–Trinajstić information content (AvgIpc) is 2.24. The molecular formula is C15H21BrN2O3. The maximum atomic E-state index is 12.3. The van der Waals surface area contributed by atoms with Crippen LogP contribution in [0.15, 0.2) is 22.7 Å². The van der Waals surface area contributed by atoms with Crippen LogP contribution < -0.4 is 5.32 Å². The Morgan fingerprint density at radius 2 is 1.86 bits per heavy atom. The molecule has 0 aromatic heterocycles. The second kappa shape index (κ2) is 6.13. The van der Waals surface area contributed by atoms with Crippen molar-refractivity contribution in [1.29, 1.82) is 0 Å². The van der Waals surface area contributed by atoms with E-state index in [0.717, 1.165) is 6.42 Å². The van der Waals surface area contributed by atoms with Gasteiger partial charge in [0, 0.05) is 17.2 Å². The van der Waals surface area contributed by atoms with E-state index < -0.39 is 10.5 Å². The molecular weight excluding hydrogens is 336 g/mol. The third-order valence-electron chi connectivity index (χ3n) is 2.83. The number of halogens is 1. The molecule has 0 spiro atoms. The number of benzene rings is 1. The summed E-state index contributed by atoms with van der Waals surface area (Å²) in [5.41, 5.74) is -0.150. The first-order valence-electron chi connectivity index (χ1n) is 6.68. The lowest BCUT2D eigenvalue weighted by Gasteiger charge is -2.33. The van der Waals surface area contributed by atoms with E-state index in [9.17, 15) is 14.9 Å². The average molecular weight is 357 g/mol. The van der Waals surface area contributed by atoms with Gasteiger partial charge in [0.2, 0.25) is 0 Å². The molecule has 0 fully saturated rings. The summed E-state index contributed by atoms with van der Waals surface area (Å²) in [4.78, 5) is 22.7. The summed E-state index contributed by atoms with van der Waals surface area (Å²) in [7, 11) is 0. The van der Waals surface area contributed by atoms with Crippen molar-refractivity contribution in [2.75, 3.05) is 0 Å². The van der Waals surface area contributed by atoms with Crippen LogP contribution in [0.2, 0.25) is 0 Å².